The molecule has 3 aromatic carbocycles. The van der Waals surface area contributed by atoms with Crippen LogP contribution in [0, 0.1) is 12.7 Å². The van der Waals surface area contributed by atoms with Crippen LogP contribution in [0.4, 0.5) is 10.1 Å². The fraction of sp³-hybridized carbons (Fsp3) is 0.200. The van der Waals surface area contributed by atoms with Crippen LogP contribution in [0.5, 0.6) is 0 Å². The molecule has 0 saturated heterocycles. The smallest absolute Gasteiger partial charge is 0.257 e. The first-order chi connectivity index (χ1) is 15.9. The van der Waals surface area contributed by atoms with Crippen LogP contribution in [0.3, 0.4) is 0 Å². The van der Waals surface area contributed by atoms with Crippen LogP contribution >= 0.6 is 12.2 Å². The summed E-state index contributed by atoms with van der Waals surface area (Å²) in [6.45, 7) is 4.11. The Morgan fingerprint density at radius 3 is 2.36 bits per heavy atom. The second-order valence-electron chi connectivity index (χ2n) is 7.83. The number of unbranched alkanes of at least 4 members (excludes halogenated alkanes) is 1. The predicted molar refractivity (Wildman–Crippen MR) is 132 cm³/mol. The average Bonchev–Trinajstić information content (AvgIpc) is 3.21. The number of anilines is 1. The van der Waals surface area contributed by atoms with Gasteiger partial charge in [0.15, 0.2) is 5.11 Å². The first-order valence-corrected chi connectivity index (χ1v) is 11.2. The number of fused-ring (bicyclic) bond motifs is 1. The Morgan fingerprint density at radius 1 is 1.03 bits per heavy atom. The molecule has 6 nitrogen and oxygen atoms in total. The van der Waals surface area contributed by atoms with Gasteiger partial charge in [0, 0.05) is 11.3 Å². The van der Waals surface area contributed by atoms with E-state index in [1.807, 2.05) is 31.2 Å². The van der Waals surface area contributed by atoms with Crippen molar-refractivity contribution in [3.63, 3.8) is 0 Å². The van der Waals surface area contributed by atoms with Gasteiger partial charge in [0.25, 0.3) is 5.91 Å². The molecule has 0 saturated carbocycles. The van der Waals surface area contributed by atoms with Gasteiger partial charge in [-0.15, -0.1) is 10.2 Å². The third-order valence-electron chi connectivity index (χ3n) is 5.29. The van der Waals surface area contributed by atoms with Gasteiger partial charge >= 0.3 is 0 Å². The number of nitrogens with zero attached hydrogens (tertiary/aromatic N) is 3. The number of amides is 1. The van der Waals surface area contributed by atoms with Crippen molar-refractivity contribution < 1.29 is 9.18 Å². The fourth-order valence-electron chi connectivity index (χ4n) is 3.43. The maximum atomic E-state index is 13.1. The van der Waals surface area contributed by atoms with E-state index in [1.54, 1.807) is 4.80 Å². The second-order valence-corrected chi connectivity index (χ2v) is 8.24. The first kappa shape index (κ1) is 22.5. The Balaban J connectivity index is 1.48. The number of hydrogen-bond acceptors (Lipinski definition) is 4. The molecule has 1 amide bonds. The van der Waals surface area contributed by atoms with Gasteiger partial charge in [0.1, 0.15) is 16.9 Å². The van der Waals surface area contributed by atoms with Gasteiger partial charge in [-0.2, -0.15) is 4.80 Å². The van der Waals surface area contributed by atoms with Crippen molar-refractivity contribution in [2.75, 3.05) is 5.32 Å². The van der Waals surface area contributed by atoms with E-state index in [0.29, 0.717) is 16.8 Å². The third-order valence-corrected chi connectivity index (χ3v) is 5.50. The Morgan fingerprint density at radius 2 is 1.70 bits per heavy atom. The molecule has 8 heteroatoms. The first-order valence-electron chi connectivity index (χ1n) is 10.8. The molecule has 2 N–H and O–H groups in total. The van der Waals surface area contributed by atoms with Crippen molar-refractivity contribution in [2.24, 2.45) is 0 Å². The summed E-state index contributed by atoms with van der Waals surface area (Å²) in [4.78, 5) is 13.9. The molecule has 1 heterocycles. The van der Waals surface area contributed by atoms with E-state index in [2.05, 4.69) is 39.9 Å². The van der Waals surface area contributed by atoms with E-state index in [1.165, 1.54) is 42.7 Å². The van der Waals surface area contributed by atoms with Gasteiger partial charge in [0.2, 0.25) is 0 Å². The molecular formula is C25H24FN5OS. The highest BCUT2D eigenvalue weighted by atomic mass is 32.1. The molecule has 168 valence electrons. The predicted octanol–water partition coefficient (Wildman–Crippen LogP) is 5.34. The number of halogens is 1. The monoisotopic (exact) mass is 461 g/mol. The third kappa shape index (κ3) is 5.40. The van der Waals surface area contributed by atoms with E-state index < -0.39 is 11.7 Å². The van der Waals surface area contributed by atoms with Gasteiger partial charge in [0.05, 0.1) is 5.69 Å². The zero-order chi connectivity index (χ0) is 23.4. The lowest BCUT2D eigenvalue weighted by Gasteiger charge is -2.11. The molecule has 0 aliphatic carbocycles. The van der Waals surface area contributed by atoms with Crippen molar-refractivity contribution in [1.29, 1.82) is 0 Å². The lowest BCUT2D eigenvalue weighted by molar-refractivity contribution is 0.0977. The maximum absolute atomic E-state index is 13.1. The fourth-order valence-corrected chi connectivity index (χ4v) is 3.63. The number of aryl methyl sites for hydroxylation is 2. The standard InChI is InChI=1S/C25H24FN5OS/c1-3-4-5-17-6-12-20(13-7-17)31-29-22-14-16(2)21(15-23(22)30-31)27-25(33)28-24(32)18-8-10-19(26)11-9-18/h6-15H,3-5H2,1-2H3,(H2,27,28,32,33). The van der Waals surface area contributed by atoms with Crippen LogP contribution in [0.1, 0.15) is 41.3 Å². The molecule has 1 aromatic heterocycles. The van der Waals surface area contributed by atoms with Crippen LogP contribution in [0.2, 0.25) is 0 Å². The number of benzene rings is 3. The summed E-state index contributed by atoms with van der Waals surface area (Å²) in [7, 11) is 0. The summed E-state index contributed by atoms with van der Waals surface area (Å²) < 4.78 is 13.1. The molecule has 0 aliphatic rings. The Bertz CT molecular complexity index is 1300. The zero-order valence-electron chi connectivity index (χ0n) is 18.4. The normalized spacial score (nSPS) is 10.9. The zero-order valence-corrected chi connectivity index (χ0v) is 19.2. The number of aromatic nitrogens is 3. The number of rotatable bonds is 6. The number of carbonyl (C=O) groups is 1. The summed E-state index contributed by atoms with van der Waals surface area (Å²) >= 11 is 5.29. The molecule has 0 atom stereocenters. The molecule has 0 unspecified atom stereocenters. The minimum absolute atomic E-state index is 0.141. The molecule has 4 aromatic rings. The van der Waals surface area contributed by atoms with Crippen molar-refractivity contribution in [3.8, 4) is 5.69 Å². The van der Waals surface area contributed by atoms with Crippen LogP contribution in [-0.2, 0) is 6.42 Å². The van der Waals surface area contributed by atoms with E-state index >= 15 is 0 Å². The topological polar surface area (TPSA) is 71.8 Å². The SMILES string of the molecule is CCCCc1ccc(-n2nc3cc(C)c(NC(=S)NC(=O)c4ccc(F)cc4)cc3n2)cc1. The maximum Gasteiger partial charge on any atom is 0.257 e. The summed E-state index contributed by atoms with van der Waals surface area (Å²) in [5.41, 5.74) is 5.59. The highest BCUT2D eigenvalue weighted by Gasteiger charge is 2.12. The second kappa shape index (κ2) is 9.87. The van der Waals surface area contributed by atoms with E-state index in [9.17, 15) is 9.18 Å². The van der Waals surface area contributed by atoms with Crippen molar-refractivity contribution in [2.45, 2.75) is 33.1 Å². The molecule has 0 bridgehead atoms. The molecule has 0 fully saturated rings. The van der Waals surface area contributed by atoms with Crippen LogP contribution in [0.15, 0.2) is 60.7 Å². The van der Waals surface area contributed by atoms with Crippen molar-refractivity contribution in [3.05, 3.63) is 83.2 Å². The molecule has 0 aliphatic heterocycles. The molecule has 33 heavy (non-hydrogen) atoms. The lowest BCUT2D eigenvalue weighted by Crippen LogP contribution is -2.34. The van der Waals surface area contributed by atoms with Crippen LogP contribution in [-0.4, -0.2) is 26.0 Å². The number of carbonyl (C=O) groups excluding carboxylic acids is 1. The summed E-state index contributed by atoms with van der Waals surface area (Å²) in [6, 6.07) is 17.3. The van der Waals surface area contributed by atoms with Gasteiger partial charge in [-0.05, 0) is 91.6 Å². The van der Waals surface area contributed by atoms with Crippen LogP contribution < -0.4 is 10.6 Å². The number of thiocarbonyl (C=S) groups is 1. The van der Waals surface area contributed by atoms with Gasteiger partial charge in [-0.1, -0.05) is 25.5 Å². The minimum Gasteiger partial charge on any atom is -0.332 e. The molecule has 0 spiro atoms. The summed E-state index contributed by atoms with van der Waals surface area (Å²) in [5, 5.41) is 15.0. The molecular weight excluding hydrogens is 437 g/mol. The Labute approximate surface area is 196 Å². The number of nitrogens with one attached hydrogen (secondary N) is 2. The van der Waals surface area contributed by atoms with Crippen molar-refractivity contribution in [1.82, 2.24) is 20.3 Å². The molecule has 4 rings (SSSR count). The van der Waals surface area contributed by atoms with Gasteiger partial charge in [-0.3, -0.25) is 10.1 Å². The average molecular weight is 462 g/mol. The minimum atomic E-state index is -0.417. The highest BCUT2D eigenvalue weighted by Crippen LogP contribution is 2.22. The van der Waals surface area contributed by atoms with E-state index in [0.717, 1.165) is 23.2 Å². The van der Waals surface area contributed by atoms with Crippen LogP contribution in [0.25, 0.3) is 16.7 Å². The van der Waals surface area contributed by atoms with E-state index in [-0.39, 0.29) is 5.11 Å². The largest absolute Gasteiger partial charge is 0.332 e. The Kier molecular flexibility index (Phi) is 6.74. The summed E-state index contributed by atoms with van der Waals surface area (Å²) in [6.07, 6.45) is 3.41. The van der Waals surface area contributed by atoms with Gasteiger partial charge < -0.3 is 5.32 Å². The quantitative estimate of drug-likeness (QED) is 0.380. The highest BCUT2D eigenvalue weighted by molar-refractivity contribution is 7.80. The molecule has 0 radical (unpaired) electrons. The van der Waals surface area contributed by atoms with E-state index in [4.69, 9.17) is 12.2 Å². The van der Waals surface area contributed by atoms with Crippen molar-refractivity contribution >= 4 is 40.0 Å². The lowest BCUT2D eigenvalue weighted by atomic mass is 10.1. The Hall–Kier alpha value is -3.65. The summed E-state index contributed by atoms with van der Waals surface area (Å²) in [5.74, 6) is -0.823. The number of hydrogen-bond donors (Lipinski definition) is 2. The van der Waals surface area contributed by atoms with Gasteiger partial charge in [-0.25, -0.2) is 4.39 Å².